The number of aryl methyl sites for hydroxylation is 1. The lowest BCUT2D eigenvalue weighted by Crippen LogP contribution is -2.29. The number of carbonyl (C=O) groups excluding carboxylic acids is 2. The van der Waals surface area contributed by atoms with E-state index in [-0.39, 0.29) is 36.3 Å². The van der Waals surface area contributed by atoms with Crippen LogP contribution in [-0.4, -0.2) is 45.2 Å². The molecule has 38 heavy (non-hydrogen) atoms. The Bertz CT molecular complexity index is 1560. The molecule has 2 aliphatic rings. The molecular weight excluding hydrogens is 504 g/mol. The third-order valence-corrected chi connectivity index (χ3v) is 7.89. The molecule has 1 aliphatic carbocycles. The molecule has 4 aromatic rings. The number of rotatable bonds is 6. The van der Waals surface area contributed by atoms with Crippen molar-refractivity contribution in [3.8, 4) is 22.3 Å². The van der Waals surface area contributed by atoms with Crippen molar-refractivity contribution >= 4 is 34.7 Å². The Morgan fingerprint density at radius 1 is 1.16 bits per heavy atom. The first kappa shape index (κ1) is 24.1. The molecule has 1 saturated heterocycles. The van der Waals surface area contributed by atoms with Gasteiger partial charge in [0.1, 0.15) is 17.3 Å². The SMILES string of the molecule is COc1ccc(N2CC(C(=O)Nc3cc(-c4cccs4)nn3-c3nc4c(c(=O)[nH]3)CCCC4)CC2=O)cc1. The summed E-state index contributed by atoms with van der Waals surface area (Å²) in [6.07, 6.45) is 3.49. The van der Waals surface area contributed by atoms with E-state index in [1.807, 2.05) is 17.5 Å². The fourth-order valence-corrected chi connectivity index (χ4v) is 5.67. The van der Waals surface area contributed by atoms with Gasteiger partial charge in [0.15, 0.2) is 0 Å². The molecule has 0 saturated carbocycles. The largest absolute Gasteiger partial charge is 0.497 e. The topological polar surface area (TPSA) is 122 Å². The minimum absolute atomic E-state index is 0.0950. The molecule has 194 valence electrons. The zero-order valence-electron chi connectivity index (χ0n) is 20.8. The van der Waals surface area contributed by atoms with Gasteiger partial charge >= 0.3 is 0 Å². The van der Waals surface area contributed by atoms with E-state index in [1.165, 1.54) is 16.0 Å². The van der Waals surface area contributed by atoms with Crippen LogP contribution in [0.25, 0.3) is 16.5 Å². The van der Waals surface area contributed by atoms with Crippen LogP contribution in [0.5, 0.6) is 5.75 Å². The average molecular weight is 531 g/mol. The average Bonchev–Trinajstić information content (AvgIpc) is 3.69. The van der Waals surface area contributed by atoms with Gasteiger partial charge in [-0.1, -0.05) is 6.07 Å². The molecule has 3 aromatic heterocycles. The Hall–Kier alpha value is -4.25. The van der Waals surface area contributed by atoms with Gasteiger partial charge in [0.05, 0.1) is 23.6 Å². The molecular formula is C27H26N6O4S. The van der Waals surface area contributed by atoms with Gasteiger partial charge in [-0.05, 0) is 61.4 Å². The van der Waals surface area contributed by atoms with Crippen LogP contribution in [0.1, 0.15) is 30.5 Å². The lowest BCUT2D eigenvalue weighted by atomic mass is 9.97. The number of H-pyrrole nitrogens is 1. The van der Waals surface area contributed by atoms with Gasteiger partial charge in [-0.25, -0.2) is 4.98 Å². The van der Waals surface area contributed by atoms with E-state index in [0.29, 0.717) is 29.4 Å². The van der Waals surface area contributed by atoms with Gasteiger partial charge in [0.2, 0.25) is 17.8 Å². The Morgan fingerprint density at radius 3 is 2.74 bits per heavy atom. The normalized spacial score (nSPS) is 16.9. The zero-order valence-corrected chi connectivity index (χ0v) is 21.6. The highest BCUT2D eigenvalue weighted by Gasteiger charge is 2.36. The number of nitrogens with one attached hydrogen (secondary N) is 2. The molecule has 0 spiro atoms. The van der Waals surface area contributed by atoms with Crippen LogP contribution in [0.4, 0.5) is 11.5 Å². The van der Waals surface area contributed by atoms with Gasteiger partial charge in [0, 0.05) is 30.3 Å². The Kier molecular flexibility index (Phi) is 6.28. The fourth-order valence-electron chi connectivity index (χ4n) is 4.99. The highest BCUT2D eigenvalue weighted by molar-refractivity contribution is 7.13. The maximum absolute atomic E-state index is 13.4. The van der Waals surface area contributed by atoms with Crippen LogP contribution in [0.3, 0.4) is 0 Å². The molecule has 1 unspecified atom stereocenters. The van der Waals surface area contributed by atoms with E-state index < -0.39 is 5.92 Å². The number of ether oxygens (including phenoxy) is 1. The number of hydrogen-bond acceptors (Lipinski definition) is 7. The summed E-state index contributed by atoms with van der Waals surface area (Å²) in [7, 11) is 1.58. The van der Waals surface area contributed by atoms with Crippen molar-refractivity contribution in [2.45, 2.75) is 32.1 Å². The second kappa shape index (κ2) is 9.90. The predicted octanol–water partition coefficient (Wildman–Crippen LogP) is 3.56. The number of hydrogen-bond donors (Lipinski definition) is 2. The van der Waals surface area contributed by atoms with E-state index in [1.54, 1.807) is 42.3 Å². The summed E-state index contributed by atoms with van der Waals surface area (Å²) in [6, 6.07) is 12.8. The summed E-state index contributed by atoms with van der Waals surface area (Å²) in [5.41, 5.74) is 2.69. The molecule has 2 amide bonds. The third kappa shape index (κ3) is 4.49. The lowest BCUT2D eigenvalue weighted by Gasteiger charge is -2.17. The van der Waals surface area contributed by atoms with E-state index in [0.717, 1.165) is 35.4 Å². The van der Waals surface area contributed by atoms with Crippen LogP contribution in [0, 0.1) is 5.92 Å². The molecule has 6 rings (SSSR count). The number of nitrogens with zero attached hydrogens (tertiary/aromatic N) is 4. The van der Waals surface area contributed by atoms with Crippen LogP contribution in [0.15, 0.2) is 52.6 Å². The zero-order chi connectivity index (χ0) is 26.2. The first-order chi connectivity index (χ1) is 18.5. The minimum Gasteiger partial charge on any atom is -0.497 e. The quantitative estimate of drug-likeness (QED) is 0.393. The maximum Gasteiger partial charge on any atom is 0.255 e. The summed E-state index contributed by atoms with van der Waals surface area (Å²) in [6.45, 7) is 0.261. The van der Waals surface area contributed by atoms with Crippen LogP contribution in [0.2, 0.25) is 0 Å². The molecule has 11 heteroatoms. The van der Waals surface area contributed by atoms with Gasteiger partial charge in [0.25, 0.3) is 5.56 Å². The highest BCUT2D eigenvalue weighted by Crippen LogP contribution is 2.30. The van der Waals surface area contributed by atoms with Crippen molar-refractivity contribution in [2.24, 2.45) is 5.92 Å². The highest BCUT2D eigenvalue weighted by atomic mass is 32.1. The number of aromatic amines is 1. The maximum atomic E-state index is 13.4. The standard InChI is InChI=1S/C27H26N6O4S/c1-37-18-10-8-17(9-11-18)32-15-16(13-24(32)34)25(35)29-23-14-21(22-7-4-12-38-22)31-33(23)27-28-20-6-3-2-5-19(20)26(36)30-27/h4,7-12,14,16H,2-3,5-6,13,15H2,1H3,(H,29,35)(H,28,30,36). The van der Waals surface area contributed by atoms with Gasteiger partial charge < -0.3 is 15.0 Å². The van der Waals surface area contributed by atoms with Gasteiger partial charge in [-0.2, -0.15) is 9.78 Å². The smallest absolute Gasteiger partial charge is 0.255 e. The number of benzene rings is 1. The van der Waals surface area contributed by atoms with Gasteiger partial charge in [-0.3, -0.25) is 19.4 Å². The molecule has 1 fully saturated rings. The van der Waals surface area contributed by atoms with Crippen molar-refractivity contribution in [1.82, 2.24) is 19.7 Å². The van der Waals surface area contributed by atoms with Crippen molar-refractivity contribution in [3.63, 3.8) is 0 Å². The van der Waals surface area contributed by atoms with Crippen LogP contribution >= 0.6 is 11.3 Å². The minimum atomic E-state index is -0.548. The van der Waals surface area contributed by atoms with E-state index in [2.05, 4.69) is 15.4 Å². The number of aromatic nitrogens is 4. The third-order valence-electron chi connectivity index (χ3n) is 6.99. The van der Waals surface area contributed by atoms with Crippen LogP contribution in [-0.2, 0) is 22.4 Å². The van der Waals surface area contributed by atoms with Crippen molar-refractivity contribution in [3.05, 3.63) is 69.5 Å². The molecule has 10 nitrogen and oxygen atoms in total. The van der Waals surface area contributed by atoms with Gasteiger partial charge in [-0.15, -0.1) is 11.3 Å². The summed E-state index contributed by atoms with van der Waals surface area (Å²) in [5.74, 6) is 0.369. The van der Waals surface area contributed by atoms with E-state index >= 15 is 0 Å². The molecule has 1 aliphatic heterocycles. The second-order valence-electron chi connectivity index (χ2n) is 9.42. The second-order valence-corrected chi connectivity index (χ2v) is 10.4. The van der Waals surface area contributed by atoms with E-state index in [9.17, 15) is 14.4 Å². The number of thiophene rings is 1. The Morgan fingerprint density at radius 2 is 1.97 bits per heavy atom. The first-order valence-corrected chi connectivity index (χ1v) is 13.4. The lowest BCUT2D eigenvalue weighted by molar-refractivity contribution is -0.122. The van der Waals surface area contributed by atoms with Crippen LogP contribution < -0.4 is 20.5 Å². The Labute approximate surface area is 222 Å². The molecule has 4 heterocycles. The number of carbonyl (C=O) groups is 2. The molecule has 2 N–H and O–H groups in total. The molecule has 1 atom stereocenters. The Balaban J connectivity index is 1.29. The van der Waals surface area contributed by atoms with Crippen molar-refractivity contribution in [2.75, 3.05) is 23.9 Å². The summed E-state index contributed by atoms with van der Waals surface area (Å²) in [4.78, 5) is 49.0. The molecule has 1 aromatic carbocycles. The first-order valence-electron chi connectivity index (χ1n) is 12.5. The number of amides is 2. The summed E-state index contributed by atoms with van der Waals surface area (Å²) < 4.78 is 6.67. The fraction of sp³-hybridized carbons (Fsp3) is 0.296. The number of anilines is 2. The predicted molar refractivity (Wildman–Crippen MR) is 144 cm³/mol. The number of fused-ring (bicyclic) bond motifs is 1. The molecule has 0 bridgehead atoms. The number of methoxy groups -OCH3 is 1. The summed E-state index contributed by atoms with van der Waals surface area (Å²) in [5, 5.41) is 9.57. The summed E-state index contributed by atoms with van der Waals surface area (Å²) >= 11 is 1.52. The van der Waals surface area contributed by atoms with Crippen molar-refractivity contribution in [1.29, 1.82) is 0 Å². The molecule has 0 radical (unpaired) electrons. The van der Waals surface area contributed by atoms with E-state index in [4.69, 9.17) is 9.72 Å². The van der Waals surface area contributed by atoms with Crippen molar-refractivity contribution < 1.29 is 14.3 Å². The monoisotopic (exact) mass is 530 g/mol.